The molecule has 0 unspecified atom stereocenters. The molecule has 0 spiro atoms. The van der Waals surface area contributed by atoms with E-state index in [0.29, 0.717) is 6.54 Å². The zero-order valence-corrected chi connectivity index (χ0v) is 15.4. The van der Waals surface area contributed by atoms with Crippen molar-refractivity contribution in [3.63, 3.8) is 0 Å². The first-order valence-electron chi connectivity index (χ1n) is 8.62. The second-order valence-electron chi connectivity index (χ2n) is 6.71. The van der Waals surface area contributed by atoms with Gasteiger partial charge in [0.1, 0.15) is 0 Å². The molecule has 0 saturated carbocycles. The topological polar surface area (TPSA) is 50.2 Å². The highest BCUT2D eigenvalue weighted by Gasteiger charge is 2.30. The third-order valence-electron chi connectivity index (χ3n) is 4.95. The molecule has 2 aromatic heterocycles. The summed E-state index contributed by atoms with van der Waals surface area (Å²) >= 11 is 1.70. The van der Waals surface area contributed by atoms with Gasteiger partial charge in [-0.2, -0.15) is 16.4 Å². The molecule has 24 heavy (non-hydrogen) atoms. The first-order chi connectivity index (χ1) is 11.6. The zero-order valence-electron chi connectivity index (χ0n) is 14.6. The van der Waals surface area contributed by atoms with Crippen LogP contribution >= 0.6 is 11.3 Å². The van der Waals surface area contributed by atoms with Gasteiger partial charge in [0, 0.05) is 18.8 Å². The molecule has 5 nitrogen and oxygen atoms in total. The van der Waals surface area contributed by atoms with Crippen molar-refractivity contribution in [1.82, 2.24) is 20.0 Å². The summed E-state index contributed by atoms with van der Waals surface area (Å²) in [7, 11) is 0. The van der Waals surface area contributed by atoms with Crippen LogP contribution in [-0.2, 0) is 4.79 Å². The van der Waals surface area contributed by atoms with Crippen LogP contribution in [0.5, 0.6) is 0 Å². The van der Waals surface area contributed by atoms with E-state index in [4.69, 9.17) is 0 Å². The summed E-state index contributed by atoms with van der Waals surface area (Å²) < 4.78 is 1.96. The Kier molecular flexibility index (Phi) is 5.36. The summed E-state index contributed by atoms with van der Waals surface area (Å²) in [5, 5.41) is 12.0. The lowest BCUT2D eigenvalue weighted by Crippen LogP contribution is -2.43. The zero-order chi connectivity index (χ0) is 17.1. The third kappa shape index (κ3) is 3.70. The van der Waals surface area contributed by atoms with Gasteiger partial charge in [-0.25, -0.2) is 0 Å². The average molecular weight is 346 g/mol. The van der Waals surface area contributed by atoms with Crippen molar-refractivity contribution in [1.29, 1.82) is 0 Å². The number of nitrogens with zero attached hydrogens (tertiary/aromatic N) is 3. The maximum atomic E-state index is 12.7. The summed E-state index contributed by atoms with van der Waals surface area (Å²) in [6.45, 7) is 7.51. The number of carbonyl (C=O) groups excluding carboxylic acids is 1. The number of rotatable bonds is 6. The van der Waals surface area contributed by atoms with E-state index in [1.165, 1.54) is 5.56 Å². The first-order valence-corrected chi connectivity index (χ1v) is 9.56. The van der Waals surface area contributed by atoms with Crippen molar-refractivity contribution < 1.29 is 4.79 Å². The number of hydrogen-bond acceptors (Lipinski definition) is 4. The Morgan fingerprint density at radius 2 is 2.33 bits per heavy atom. The van der Waals surface area contributed by atoms with Crippen LogP contribution in [0, 0.1) is 6.92 Å². The van der Waals surface area contributed by atoms with Gasteiger partial charge in [0.15, 0.2) is 0 Å². The molecule has 0 bridgehead atoms. The molecule has 1 aliphatic heterocycles. The molecule has 6 heteroatoms. The Balaban J connectivity index is 1.55. The molecule has 1 amide bonds. The van der Waals surface area contributed by atoms with E-state index in [-0.39, 0.29) is 24.0 Å². The molecule has 3 heterocycles. The van der Waals surface area contributed by atoms with Gasteiger partial charge in [0.2, 0.25) is 5.91 Å². The number of hydrogen-bond donors (Lipinski definition) is 1. The smallest absolute Gasteiger partial charge is 0.237 e. The maximum Gasteiger partial charge on any atom is 0.237 e. The molecule has 2 aromatic rings. The number of aromatic nitrogens is 2. The van der Waals surface area contributed by atoms with Crippen molar-refractivity contribution in [3.8, 4) is 0 Å². The highest BCUT2D eigenvalue weighted by atomic mass is 32.1. The van der Waals surface area contributed by atoms with Crippen LogP contribution in [-0.4, -0.2) is 39.7 Å². The molecule has 0 radical (unpaired) electrons. The van der Waals surface area contributed by atoms with Gasteiger partial charge in [0.25, 0.3) is 0 Å². The summed E-state index contributed by atoms with van der Waals surface area (Å²) in [4.78, 5) is 14.7. The fourth-order valence-corrected chi connectivity index (χ4v) is 3.99. The molecule has 0 aliphatic carbocycles. The van der Waals surface area contributed by atoms with Crippen LogP contribution < -0.4 is 5.32 Å². The fraction of sp³-hybridized carbons (Fsp3) is 0.556. The molecule has 3 rings (SSSR count). The third-order valence-corrected chi connectivity index (χ3v) is 5.65. The molecule has 1 fully saturated rings. The highest BCUT2D eigenvalue weighted by molar-refractivity contribution is 7.07. The van der Waals surface area contributed by atoms with E-state index in [9.17, 15) is 4.79 Å². The Morgan fingerprint density at radius 3 is 3.00 bits per heavy atom. The second-order valence-corrected chi connectivity index (χ2v) is 7.49. The normalized spacial score (nSPS) is 20.3. The lowest BCUT2D eigenvalue weighted by molar-refractivity contribution is -0.131. The predicted octanol–water partition coefficient (Wildman–Crippen LogP) is 3.16. The number of likely N-dealkylation sites (tertiary alicyclic amines) is 1. The average Bonchev–Trinajstić information content (AvgIpc) is 3.30. The van der Waals surface area contributed by atoms with E-state index in [0.717, 1.165) is 24.9 Å². The minimum Gasteiger partial charge on any atom is -0.335 e. The lowest BCUT2D eigenvalue weighted by Gasteiger charge is -2.27. The molecule has 3 atom stereocenters. The molecule has 1 N–H and O–H groups in total. The number of thiophene rings is 1. The van der Waals surface area contributed by atoms with Gasteiger partial charge in [-0.1, -0.05) is 0 Å². The summed E-state index contributed by atoms with van der Waals surface area (Å²) in [6, 6.07) is 2.78. The van der Waals surface area contributed by atoms with Crippen molar-refractivity contribution >= 4 is 17.2 Å². The molecule has 0 aromatic carbocycles. The van der Waals surface area contributed by atoms with Crippen LogP contribution in [0.1, 0.15) is 49.9 Å². The highest BCUT2D eigenvalue weighted by Crippen LogP contribution is 2.32. The van der Waals surface area contributed by atoms with Gasteiger partial charge in [0.05, 0.1) is 24.8 Å². The van der Waals surface area contributed by atoms with Gasteiger partial charge < -0.3 is 10.2 Å². The van der Waals surface area contributed by atoms with Crippen LogP contribution in [0.3, 0.4) is 0 Å². The number of aryl methyl sites for hydroxylation is 1. The quantitative estimate of drug-likeness (QED) is 0.874. The first kappa shape index (κ1) is 17.2. The summed E-state index contributed by atoms with van der Waals surface area (Å²) in [5.74, 6) is 0.194. The Bertz CT molecular complexity index is 666. The van der Waals surface area contributed by atoms with Crippen molar-refractivity contribution in [2.45, 2.75) is 51.7 Å². The van der Waals surface area contributed by atoms with Gasteiger partial charge in [-0.3, -0.25) is 9.48 Å². The monoisotopic (exact) mass is 346 g/mol. The second kappa shape index (κ2) is 7.49. The molecular formula is C18H26N4OS. The molecule has 1 saturated heterocycles. The number of amides is 1. The number of carbonyl (C=O) groups is 1. The fourth-order valence-electron chi connectivity index (χ4n) is 3.28. The minimum absolute atomic E-state index is 0.176. The van der Waals surface area contributed by atoms with E-state index < -0.39 is 0 Å². The summed E-state index contributed by atoms with van der Waals surface area (Å²) in [6.07, 6.45) is 6.06. The van der Waals surface area contributed by atoms with E-state index in [1.807, 2.05) is 28.9 Å². The Hall–Kier alpha value is -1.66. The maximum absolute atomic E-state index is 12.7. The van der Waals surface area contributed by atoms with E-state index in [1.54, 1.807) is 11.3 Å². The van der Waals surface area contributed by atoms with Crippen LogP contribution in [0.25, 0.3) is 0 Å². The lowest BCUT2D eigenvalue weighted by atomic mass is 10.1. The Labute approximate surface area is 147 Å². The summed E-state index contributed by atoms with van der Waals surface area (Å²) in [5.41, 5.74) is 2.43. The van der Waals surface area contributed by atoms with Crippen LogP contribution in [0.15, 0.2) is 29.2 Å². The van der Waals surface area contributed by atoms with Crippen LogP contribution in [0.2, 0.25) is 0 Å². The SMILES string of the molecule is Cc1cnn([C@H](C)[C@H](C)NCC(=O)N2CCC[C@@H]2c2ccsc2)c1. The van der Waals surface area contributed by atoms with Crippen LogP contribution in [0.4, 0.5) is 0 Å². The molecular weight excluding hydrogens is 320 g/mol. The van der Waals surface area contributed by atoms with Gasteiger partial charge >= 0.3 is 0 Å². The van der Waals surface area contributed by atoms with Gasteiger partial charge in [-0.15, -0.1) is 0 Å². The molecule has 130 valence electrons. The predicted molar refractivity (Wildman–Crippen MR) is 97.1 cm³/mol. The minimum atomic E-state index is 0.176. The Morgan fingerprint density at radius 1 is 1.50 bits per heavy atom. The van der Waals surface area contributed by atoms with Crippen molar-refractivity contribution in [2.24, 2.45) is 0 Å². The van der Waals surface area contributed by atoms with E-state index in [2.05, 4.69) is 41.1 Å². The standard InChI is InChI=1S/C18H26N4OS/c1-13-9-20-22(11-13)15(3)14(2)19-10-18(23)21-7-4-5-17(21)16-6-8-24-12-16/h6,8-9,11-12,14-15,17,19H,4-5,7,10H2,1-3H3/t14-,15+,17+/m0/s1. The molecule has 1 aliphatic rings. The van der Waals surface area contributed by atoms with Gasteiger partial charge in [-0.05, 0) is 61.6 Å². The van der Waals surface area contributed by atoms with Crippen molar-refractivity contribution in [3.05, 3.63) is 40.3 Å². The number of nitrogens with one attached hydrogen (secondary N) is 1. The largest absolute Gasteiger partial charge is 0.335 e. The van der Waals surface area contributed by atoms with E-state index >= 15 is 0 Å². The van der Waals surface area contributed by atoms with Crippen molar-refractivity contribution in [2.75, 3.05) is 13.1 Å².